The predicted molar refractivity (Wildman–Crippen MR) is 76.6 cm³/mol. The lowest BCUT2D eigenvalue weighted by Gasteiger charge is -2.22. The second kappa shape index (κ2) is 6.28. The fourth-order valence-corrected chi connectivity index (χ4v) is 1.54. The van der Waals surface area contributed by atoms with Gasteiger partial charge in [-0.15, -0.1) is 0 Å². The Labute approximate surface area is 109 Å². The largest absolute Gasteiger partial charge is 0.399 e. The van der Waals surface area contributed by atoms with E-state index in [4.69, 9.17) is 5.73 Å². The van der Waals surface area contributed by atoms with Crippen molar-refractivity contribution in [3.8, 4) is 0 Å². The standard InChI is InChI=1S/C14H23N3O/c1-10(2)11(3)16-14(18)9-17(4)13-7-5-6-12(15)8-13/h5-8,10-11H,9,15H2,1-4H3,(H,16,18). The van der Waals surface area contributed by atoms with E-state index in [1.54, 1.807) is 0 Å². The van der Waals surface area contributed by atoms with Crippen LogP contribution in [0.1, 0.15) is 20.8 Å². The highest BCUT2D eigenvalue weighted by atomic mass is 16.2. The zero-order valence-corrected chi connectivity index (χ0v) is 11.6. The zero-order chi connectivity index (χ0) is 13.7. The van der Waals surface area contributed by atoms with Gasteiger partial charge in [0.1, 0.15) is 0 Å². The van der Waals surface area contributed by atoms with E-state index >= 15 is 0 Å². The van der Waals surface area contributed by atoms with Crippen molar-refractivity contribution in [3.05, 3.63) is 24.3 Å². The molecule has 1 atom stereocenters. The van der Waals surface area contributed by atoms with Gasteiger partial charge in [-0.1, -0.05) is 19.9 Å². The molecule has 0 spiro atoms. The number of nitrogens with two attached hydrogens (primary N) is 1. The first kappa shape index (κ1) is 14.4. The van der Waals surface area contributed by atoms with Crippen LogP contribution in [0.5, 0.6) is 0 Å². The first-order valence-corrected chi connectivity index (χ1v) is 6.26. The lowest BCUT2D eigenvalue weighted by Crippen LogP contribution is -2.41. The summed E-state index contributed by atoms with van der Waals surface area (Å²) >= 11 is 0. The van der Waals surface area contributed by atoms with Gasteiger partial charge >= 0.3 is 0 Å². The number of hydrogen-bond acceptors (Lipinski definition) is 3. The zero-order valence-electron chi connectivity index (χ0n) is 11.6. The van der Waals surface area contributed by atoms with E-state index in [-0.39, 0.29) is 11.9 Å². The van der Waals surface area contributed by atoms with Crippen LogP contribution in [0, 0.1) is 5.92 Å². The van der Waals surface area contributed by atoms with Gasteiger partial charge in [0.15, 0.2) is 0 Å². The van der Waals surface area contributed by atoms with Gasteiger partial charge in [0.25, 0.3) is 0 Å². The second-order valence-electron chi connectivity index (χ2n) is 5.05. The first-order valence-electron chi connectivity index (χ1n) is 6.26. The van der Waals surface area contributed by atoms with Crippen molar-refractivity contribution >= 4 is 17.3 Å². The molecule has 0 aliphatic carbocycles. The molecule has 1 amide bonds. The van der Waals surface area contributed by atoms with Crippen LogP contribution in [0.25, 0.3) is 0 Å². The minimum absolute atomic E-state index is 0.0288. The number of nitrogens with zero attached hydrogens (tertiary/aromatic N) is 1. The third kappa shape index (κ3) is 4.28. The number of nitrogen functional groups attached to an aromatic ring is 1. The van der Waals surface area contributed by atoms with Gasteiger partial charge in [-0.25, -0.2) is 0 Å². The molecule has 0 bridgehead atoms. The van der Waals surface area contributed by atoms with Gasteiger partial charge in [-0.05, 0) is 31.0 Å². The smallest absolute Gasteiger partial charge is 0.239 e. The second-order valence-corrected chi connectivity index (χ2v) is 5.05. The first-order chi connectivity index (χ1) is 8.40. The number of likely N-dealkylation sites (N-methyl/N-ethyl adjacent to an activating group) is 1. The molecule has 18 heavy (non-hydrogen) atoms. The molecule has 1 rings (SSSR count). The topological polar surface area (TPSA) is 58.4 Å². The van der Waals surface area contributed by atoms with E-state index in [0.717, 1.165) is 5.69 Å². The van der Waals surface area contributed by atoms with Crippen molar-refractivity contribution in [1.82, 2.24) is 5.32 Å². The van der Waals surface area contributed by atoms with Gasteiger partial charge in [0, 0.05) is 24.5 Å². The Balaban J connectivity index is 2.54. The lowest BCUT2D eigenvalue weighted by molar-refractivity contribution is -0.120. The van der Waals surface area contributed by atoms with Crippen molar-refractivity contribution in [2.45, 2.75) is 26.8 Å². The molecule has 0 saturated carbocycles. The summed E-state index contributed by atoms with van der Waals surface area (Å²) in [5, 5.41) is 2.98. The van der Waals surface area contributed by atoms with Crippen molar-refractivity contribution in [1.29, 1.82) is 0 Å². The van der Waals surface area contributed by atoms with Gasteiger partial charge in [-0.3, -0.25) is 4.79 Å². The van der Waals surface area contributed by atoms with Crippen LogP contribution >= 0.6 is 0 Å². The Morgan fingerprint density at radius 3 is 2.61 bits per heavy atom. The van der Waals surface area contributed by atoms with E-state index in [9.17, 15) is 4.79 Å². The van der Waals surface area contributed by atoms with Crippen LogP contribution in [0.3, 0.4) is 0 Å². The third-order valence-electron chi connectivity index (χ3n) is 3.08. The van der Waals surface area contributed by atoms with E-state index in [1.165, 1.54) is 0 Å². The average Bonchev–Trinajstić information content (AvgIpc) is 2.28. The molecule has 1 aromatic carbocycles. The van der Waals surface area contributed by atoms with E-state index in [0.29, 0.717) is 18.2 Å². The predicted octanol–water partition coefficient (Wildman–Crippen LogP) is 1.87. The maximum Gasteiger partial charge on any atom is 0.239 e. The molecule has 1 aromatic rings. The molecule has 0 aliphatic rings. The van der Waals surface area contributed by atoms with Crippen LogP contribution in [0.15, 0.2) is 24.3 Å². The summed E-state index contributed by atoms with van der Waals surface area (Å²) in [7, 11) is 1.88. The third-order valence-corrected chi connectivity index (χ3v) is 3.08. The van der Waals surface area contributed by atoms with Crippen molar-refractivity contribution in [2.75, 3.05) is 24.2 Å². The molecule has 0 aliphatic heterocycles. The van der Waals surface area contributed by atoms with Gasteiger partial charge < -0.3 is 16.0 Å². The number of nitrogens with one attached hydrogen (secondary N) is 1. The number of anilines is 2. The fourth-order valence-electron chi connectivity index (χ4n) is 1.54. The molecule has 4 heteroatoms. The van der Waals surface area contributed by atoms with E-state index < -0.39 is 0 Å². The summed E-state index contributed by atoms with van der Waals surface area (Å²) in [6.07, 6.45) is 0. The Bertz CT molecular complexity index is 404. The van der Waals surface area contributed by atoms with Crippen LogP contribution in [-0.2, 0) is 4.79 Å². The van der Waals surface area contributed by atoms with Crippen LogP contribution < -0.4 is 16.0 Å². The highest BCUT2D eigenvalue weighted by Gasteiger charge is 2.12. The van der Waals surface area contributed by atoms with Gasteiger partial charge in [-0.2, -0.15) is 0 Å². The SMILES string of the molecule is CC(C)C(C)NC(=O)CN(C)c1cccc(N)c1. The Kier molecular flexibility index (Phi) is 5.01. The molecule has 0 saturated heterocycles. The molecule has 4 nitrogen and oxygen atoms in total. The molecule has 1 unspecified atom stereocenters. The summed E-state index contributed by atoms with van der Waals surface area (Å²) in [5.41, 5.74) is 7.37. The van der Waals surface area contributed by atoms with Crippen molar-refractivity contribution < 1.29 is 4.79 Å². The van der Waals surface area contributed by atoms with Crippen molar-refractivity contribution in [2.24, 2.45) is 5.92 Å². The minimum atomic E-state index is 0.0288. The monoisotopic (exact) mass is 249 g/mol. The molecule has 0 aromatic heterocycles. The normalized spacial score (nSPS) is 12.3. The fraction of sp³-hybridized carbons (Fsp3) is 0.500. The van der Waals surface area contributed by atoms with Gasteiger partial charge in [0.05, 0.1) is 6.54 Å². The summed E-state index contributed by atoms with van der Waals surface area (Å²) in [6.45, 7) is 6.53. The summed E-state index contributed by atoms with van der Waals surface area (Å²) in [6, 6.07) is 7.70. The molecule has 100 valence electrons. The average molecular weight is 249 g/mol. The number of carbonyl (C=O) groups is 1. The maximum atomic E-state index is 11.8. The Morgan fingerprint density at radius 1 is 1.39 bits per heavy atom. The Hall–Kier alpha value is -1.71. The highest BCUT2D eigenvalue weighted by molar-refractivity contribution is 5.81. The lowest BCUT2D eigenvalue weighted by atomic mass is 10.1. The maximum absolute atomic E-state index is 11.8. The molecule has 3 N–H and O–H groups in total. The summed E-state index contributed by atoms with van der Waals surface area (Å²) in [4.78, 5) is 13.7. The Morgan fingerprint density at radius 2 is 2.06 bits per heavy atom. The number of rotatable bonds is 5. The quantitative estimate of drug-likeness (QED) is 0.783. The number of hydrogen-bond donors (Lipinski definition) is 2. The van der Waals surface area contributed by atoms with Crippen molar-refractivity contribution in [3.63, 3.8) is 0 Å². The number of amides is 1. The summed E-state index contributed by atoms with van der Waals surface area (Å²) in [5.74, 6) is 0.466. The van der Waals surface area contributed by atoms with E-state index in [1.807, 2.05) is 43.1 Å². The molecule has 0 radical (unpaired) electrons. The minimum Gasteiger partial charge on any atom is -0.399 e. The number of carbonyl (C=O) groups excluding carboxylic acids is 1. The molecular weight excluding hydrogens is 226 g/mol. The summed E-state index contributed by atoms with van der Waals surface area (Å²) < 4.78 is 0. The van der Waals surface area contributed by atoms with Crippen LogP contribution in [-0.4, -0.2) is 25.5 Å². The van der Waals surface area contributed by atoms with E-state index in [2.05, 4.69) is 19.2 Å². The van der Waals surface area contributed by atoms with Crippen LogP contribution in [0.2, 0.25) is 0 Å². The van der Waals surface area contributed by atoms with Gasteiger partial charge in [0.2, 0.25) is 5.91 Å². The molecule has 0 fully saturated rings. The van der Waals surface area contributed by atoms with Crippen LogP contribution in [0.4, 0.5) is 11.4 Å². The number of benzene rings is 1. The molecular formula is C14H23N3O. The molecule has 0 heterocycles. The highest BCUT2D eigenvalue weighted by Crippen LogP contribution is 2.15.